The molecule has 2 heterocycles. The van der Waals surface area contributed by atoms with Crippen LogP contribution in [0.4, 0.5) is 0 Å². The fourth-order valence-electron chi connectivity index (χ4n) is 15.3. The highest BCUT2D eigenvalue weighted by atomic mass is 15.1. The van der Waals surface area contributed by atoms with Gasteiger partial charge in [-0.25, -0.2) is 9.97 Å². The predicted octanol–water partition coefficient (Wildman–Crippen LogP) is 18.6. The molecule has 12 aromatic carbocycles. The largest absolute Gasteiger partial charge is 0.228 e. The van der Waals surface area contributed by atoms with Crippen molar-refractivity contribution in [3.63, 3.8) is 0 Å². The summed E-state index contributed by atoms with van der Waals surface area (Å²) in [5, 5.41) is 13.8. The summed E-state index contributed by atoms with van der Waals surface area (Å²) in [7, 11) is 0. The van der Waals surface area contributed by atoms with Crippen LogP contribution in [0, 0.1) is 0 Å². The lowest BCUT2D eigenvalue weighted by molar-refractivity contribution is 0.793. The minimum Gasteiger partial charge on any atom is -0.228 e. The van der Waals surface area contributed by atoms with E-state index in [9.17, 15) is 0 Å². The average molecular weight is 1040 g/mol. The summed E-state index contributed by atoms with van der Waals surface area (Å²) in [4.78, 5) is 10.9. The maximum Gasteiger partial charge on any atom is 0.161 e. The first-order valence-electron chi connectivity index (χ1n) is 28.3. The molecule has 1 atom stereocenters. The third-order valence-electron chi connectivity index (χ3n) is 18.5. The minimum atomic E-state index is -0.659. The van der Waals surface area contributed by atoms with Crippen molar-refractivity contribution in [1.82, 2.24) is 20.2 Å². The monoisotopic (exact) mass is 1040 g/mol. The first-order chi connectivity index (χ1) is 40.7. The molecule has 1 unspecified atom stereocenters. The molecule has 4 aliphatic carbocycles. The van der Waals surface area contributed by atoms with Gasteiger partial charge in [0.1, 0.15) is 0 Å². The van der Waals surface area contributed by atoms with Crippen LogP contribution in [-0.4, -0.2) is 20.2 Å². The maximum atomic E-state index is 5.50. The number of para-hydroxylation sites is 1. The molecule has 4 nitrogen and oxygen atoms in total. The van der Waals surface area contributed by atoms with Crippen LogP contribution >= 0.6 is 0 Å². The Hall–Kier alpha value is -10.7. The van der Waals surface area contributed by atoms with E-state index >= 15 is 0 Å². The SMILES string of the molecule is c1ccc(-c2nc(-c3cccc4c3-c3ccccc3C43c4ccccc4-c4c(-c5cc6c(cc5-c5ccc(-c7cccc8ccccc78)nn5)C5(c7ccccc7-c7ccccc75)c5ccccc5-6)cccc43)nc3ccccc23)cc1. The van der Waals surface area contributed by atoms with Crippen LogP contribution in [0.15, 0.2) is 279 Å². The average Bonchev–Trinajstić information content (AvgIpc) is 2.93. The van der Waals surface area contributed by atoms with E-state index in [1.165, 1.54) is 94.4 Å². The Kier molecular flexibility index (Phi) is 9.33. The summed E-state index contributed by atoms with van der Waals surface area (Å²) in [5.41, 5.74) is 28.7. The fraction of sp³-hybridized carbons (Fsp3) is 0.0256. The van der Waals surface area contributed by atoms with E-state index in [1.807, 2.05) is 0 Å². The van der Waals surface area contributed by atoms with Gasteiger partial charge in [0.2, 0.25) is 0 Å². The summed E-state index contributed by atoms with van der Waals surface area (Å²) in [6.07, 6.45) is 0. The van der Waals surface area contributed by atoms with Gasteiger partial charge in [0.15, 0.2) is 5.82 Å². The molecule has 0 saturated heterocycles. The molecule has 378 valence electrons. The molecule has 2 aromatic heterocycles. The molecule has 14 aromatic rings. The van der Waals surface area contributed by atoms with Crippen LogP contribution in [0.3, 0.4) is 0 Å². The number of hydrogen-bond acceptors (Lipinski definition) is 4. The van der Waals surface area contributed by atoms with Crippen LogP contribution in [0.2, 0.25) is 0 Å². The molecule has 0 fully saturated rings. The van der Waals surface area contributed by atoms with Gasteiger partial charge in [-0.2, -0.15) is 0 Å². The summed E-state index contributed by atoms with van der Waals surface area (Å²) < 4.78 is 0. The van der Waals surface area contributed by atoms with Gasteiger partial charge >= 0.3 is 0 Å². The Morgan fingerprint density at radius 3 is 1.33 bits per heavy atom. The summed E-state index contributed by atoms with van der Waals surface area (Å²) in [5.74, 6) is 0.711. The molecule has 0 N–H and O–H groups in total. The zero-order chi connectivity index (χ0) is 53.7. The van der Waals surface area contributed by atoms with Crippen molar-refractivity contribution < 1.29 is 0 Å². The van der Waals surface area contributed by atoms with Gasteiger partial charge in [-0.15, -0.1) is 10.2 Å². The molecule has 0 saturated carbocycles. The lowest BCUT2D eigenvalue weighted by Crippen LogP contribution is -2.26. The number of rotatable bonds is 5. The Bertz CT molecular complexity index is 5010. The van der Waals surface area contributed by atoms with E-state index in [-0.39, 0.29) is 0 Å². The molecule has 0 amide bonds. The van der Waals surface area contributed by atoms with Crippen LogP contribution in [0.25, 0.3) is 122 Å². The van der Waals surface area contributed by atoms with Gasteiger partial charge in [-0.3, -0.25) is 0 Å². The lowest BCUT2D eigenvalue weighted by Gasteiger charge is -2.31. The summed E-state index contributed by atoms with van der Waals surface area (Å²) in [6, 6.07) is 102. The fourth-order valence-corrected chi connectivity index (χ4v) is 15.3. The van der Waals surface area contributed by atoms with Crippen LogP contribution < -0.4 is 0 Å². The molecule has 0 aliphatic heterocycles. The molecule has 18 rings (SSSR count). The molecule has 4 heteroatoms. The lowest BCUT2D eigenvalue weighted by atomic mass is 9.69. The first kappa shape index (κ1) is 45.2. The predicted molar refractivity (Wildman–Crippen MR) is 332 cm³/mol. The second-order valence-corrected chi connectivity index (χ2v) is 22.2. The first-order valence-corrected chi connectivity index (χ1v) is 28.3. The van der Waals surface area contributed by atoms with E-state index < -0.39 is 10.8 Å². The highest BCUT2D eigenvalue weighted by Gasteiger charge is 2.54. The standard InChI is InChI=1S/C78H46N4/c1-2-22-48(23-3-1)75-57-31-11-17-42-70(57)79-76(80-75)58-34-20-41-68-74(58)56-30-10-16-39-66(56)78(68)65-38-15-9-29-55(65)73-54(33-19-40-67(73)78)59-45-60-52-28-8-14-37-64(52)77(62-35-12-6-26-50(62)51-27-7-13-36-63(51)77)69(60)46-61(59)72-44-43-71(81-82-72)53-32-18-24-47-21-4-5-25-49(47)53/h1-46H. The quantitative estimate of drug-likeness (QED) is 0.172. The number of benzene rings is 12. The molecule has 0 bridgehead atoms. The van der Waals surface area contributed by atoms with E-state index in [2.05, 4.69) is 279 Å². The number of hydrogen-bond donors (Lipinski definition) is 0. The third-order valence-corrected chi connectivity index (χ3v) is 18.5. The second kappa shape index (κ2) is 16.9. The normalized spacial score (nSPS) is 15.0. The summed E-state index contributed by atoms with van der Waals surface area (Å²) >= 11 is 0. The molecular formula is C78H46N4. The molecule has 0 radical (unpaired) electrons. The van der Waals surface area contributed by atoms with E-state index in [0.29, 0.717) is 5.82 Å². The van der Waals surface area contributed by atoms with Gasteiger partial charge in [-0.05, 0) is 141 Å². The van der Waals surface area contributed by atoms with Crippen molar-refractivity contribution in [2.45, 2.75) is 10.8 Å². The maximum absolute atomic E-state index is 5.50. The van der Waals surface area contributed by atoms with Crippen LogP contribution in [-0.2, 0) is 10.8 Å². The molecule has 82 heavy (non-hydrogen) atoms. The molecule has 4 aliphatic rings. The van der Waals surface area contributed by atoms with Gasteiger partial charge in [0.25, 0.3) is 0 Å². The summed E-state index contributed by atoms with van der Waals surface area (Å²) in [6.45, 7) is 0. The smallest absolute Gasteiger partial charge is 0.161 e. The van der Waals surface area contributed by atoms with Crippen molar-refractivity contribution in [2.75, 3.05) is 0 Å². The molecule has 2 spiro atoms. The Morgan fingerprint density at radius 2 is 0.683 bits per heavy atom. The van der Waals surface area contributed by atoms with Crippen molar-refractivity contribution in [2.24, 2.45) is 0 Å². The van der Waals surface area contributed by atoms with Crippen molar-refractivity contribution in [3.05, 3.63) is 324 Å². The van der Waals surface area contributed by atoms with Crippen molar-refractivity contribution in [1.29, 1.82) is 0 Å². The Morgan fingerprint density at radius 1 is 0.244 bits per heavy atom. The zero-order valence-corrected chi connectivity index (χ0v) is 44.3. The van der Waals surface area contributed by atoms with Gasteiger partial charge in [0.05, 0.1) is 33.4 Å². The van der Waals surface area contributed by atoms with Crippen LogP contribution in [0.5, 0.6) is 0 Å². The van der Waals surface area contributed by atoms with E-state index in [4.69, 9.17) is 20.2 Å². The van der Waals surface area contributed by atoms with E-state index in [1.54, 1.807) is 0 Å². The van der Waals surface area contributed by atoms with Crippen LogP contribution in [0.1, 0.15) is 44.5 Å². The third kappa shape index (κ3) is 5.89. The van der Waals surface area contributed by atoms with Crippen molar-refractivity contribution >= 4 is 21.7 Å². The van der Waals surface area contributed by atoms with E-state index in [0.717, 1.165) is 66.8 Å². The Labute approximate surface area is 474 Å². The second-order valence-electron chi connectivity index (χ2n) is 22.2. The highest BCUT2D eigenvalue weighted by Crippen LogP contribution is 2.67. The van der Waals surface area contributed by atoms with Gasteiger partial charge in [0, 0.05) is 27.6 Å². The zero-order valence-electron chi connectivity index (χ0n) is 44.3. The number of nitrogens with zero attached hydrogens (tertiary/aromatic N) is 4. The number of fused-ring (bicyclic) bond motifs is 22. The highest BCUT2D eigenvalue weighted by molar-refractivity contribution is 6.07. The number of aromatic nitrogens is 4. The topological polar surface area (TPSA) is 51.6 Å². The Balaban J connectivity index is 0.906. The van der Waals surface area contributed by atoms with Gasteiger partial charge in [-0.1, -0.05) is 249 Å². The van der Waals surface area contributed by atoms with Gasteiger partial charge < -0.3 is 0 Å². The van der Waals surface area contributed by atoms with Crippen molar-refractivity contribution in [3.8, 4) is 101 Å². The minimum absolute atomic E-state index is 0.552. The molecular weight excluding hydrogens is 993 g/mol.